The molecule has 180 valence electrons. The topological polar surface area (TPSA) is 128 Å². The smallest absolute Gasteiger partial charge is 0.335 e. The molecule has 0 aromatic heterocycles. The molecule has 0 aliphatic carbocycles. The number of anilines is 1. The molecule has 0 heterocycles. The summed E-state index contributed by atoms with van der Waals surface area (Å²) >= 11 is 5.98. The van der Waals surface area contributed by atoms with Crippen molar-refractivity contribution in [3.05, 3.63) is 70.8 Å². The monoisotopic (exact) mass is 512 g/mol. The van der Waals surface area contributed by atoms with E-state index in [2.05, 4.69) is 0 Å². The van der Waals surface area contributed by atoms with Crippen LogP contribution in [0.2, 0.25) is 5.02 Å². The van der Waals surface area contributed by atoms with Crippen LogP contribution in [0, 0.1) is 11.6 Å². The number of aromatic carboxylic acids is 1. The van der Waals surface area contributed by atoms with Crippen LogP contribution in [-0.2, 0) is 10.0 Å². The maximum absolute atomic E-state index is 14.7. The Kier molecular flexibility index (Phi) is 7.60. The van der Waals surface area contributed by atoms with Crippen LogP contribution in [0.4, 0.5) is 14.5 Å². The van der Waals surface area contributed by atoms with Crippen LogP contribution in [0.1, 0.15) is 10.4 Å². The number of carboxylic acid groups (broad SMARTS) is 1. The van der Waals surface area contributed by atoms with Gasteiger partial charge in [0.25, 0.3) is 10.0 Å². The number of ether oxygens (including phenoxy) is 2. The number of hydrogen-bond acceptors (Lipinski definition) is 6. The lowest BCUT2D eigenvalue weighted by Crippen LogP contribution is -2.16. The number of nitrogens with one attached hydrogen (secondary N) is 1. The molecular formula is C22H19ClF2N2O6S. The average Bonchev–Trinajstić information content (AvgIpc) is 2.79. The van der Waals surface area contributed by atoms with Crippen molar-refractivity contribution in [3.8, 4) is 22.6 Å². The molecule has 3 rings (SSSR count). The zero-order chi connectivity index (χ0) is 25.0. The first-order valence-electron chi connectivity index (χ1n) is 9.64. The molecule has 0 amide bonds. The third kappa shape index (κ3) is 5.22. The van der Waals surface area contributed by atoms with Crippen molar-refractivity contribution < 1.29 is 36.6 Å². The van der Waals surface area contributed by atoms with Gasteiger partial charge in [0.1, 0.15) is 28.9 Å². The molecule has 0 fully saturated rings. The van der Waals surface area contributed by atoms with Gasteiger partial charge in [0.15, 0.2) is 5.75 Å². The largest absolute Gasteiger partial charge is 0.494 e. The van der Waals surface area contributed by atoms with Crippen molar-refractivity contribution in [1.82, 2.24) is 0 Å². The molecule has 0 bridgehead atoms. The summed E-state index contributed by atoms with van der Waals surface area (Å²) < 4.78 is 67.9. The maximum atomic E-state index is 14.7. The van der Waals surface area contributed by atoms with Gasteiger partial charge in [-0.05, 0) is 24.3 Å². The molecule has 0 atom stereocenters. The van der Waals surface area contributed by atoms with Crippen molar-refractivity contribution >= 4 is 33.3 Å². The number of para-hydroxylation sites is 1. The number of benzene rings is 3. The number of carbonyl (C=O) groups is 1. The van der Waals surface area contributed by atoms with E-state index in [1.807, 2.05) is 4.72 Å². The van der Waals surface area contributed by atoms with E-state index in [0.717, 1.165) is 25.3 Å². The van der Waals surface area contributed by atoms with Gasteiger partial charge in [0, 0.05) is 23.7 Å². The quantitative estimate of drug-likeness (QED) is 0.393. The summed E-state index contributed by atoms with van der Waals surface area (Å²) in [5.41, 5.74) is 4.51. The number of hydrogen-bond donors (Lipinski definition) is 3. The SMILES string of the molecule is COc1c(Cl)cc(C(=O)O)cc1S(=O)(=O)Nc1cc(-c2ccccc2OCCN)c(F)cc1F. The van der Waals surface area contributed by atoms with Gasteiger partial charge < -0.3 is 20.3 Å². The molecule has 0 saturated heterocycles. The lowest BCUT2D eigenvalue weighted by atomic mass is 10.0. The highest BCUT2D eigenvalue weighted by Gasteiger charge is 2.26. The molecule has 12 heteroatoms. The molecule has 3 aromatic rings. The van der Waals surface area contributed by atoms with E-state index >= 15 is 0 Å². The number of nitrogens with two attached hydrogens (primary N) is 1. The average molecular weight is 513 g/mol. The summed E-state index contributed by atoms with van der Waals surface area (Å²) in [5.74, 6) is -3.69. The van der Waals surface area contributed by atoms with E-state index in [0.29, 0.717) is 6.07 Å². The van der Waals surface area contributed by atoms with E-state index in [-0.39, 0.29) is 40.8 Å². The molecule has 0 spiro atoms. The molecule has 0 unspecified atom stereocenters. The number of methoxy groups -OCH3 is 1. The highest BCUT2D eigenvalue weighted by molar-refractivity contribution is 7.92. The predicted molar refractivity (Wildman–Crippen MR) is 122 cm³/mol. The molecule has 0 saturated carbocycles. The summed E-state index contributed by atoms with van der Waals surface area (Å²) in [7, 11) is -3.49. The van der Waals surface area contributed by atoms with Crippen molar-refractivity contribution in [1.29, 1.82) is 0 Å². The van der Waals surface area contributed by atoms with Gasteiger partial charge in [0.05, 0.1) is 23.4 Å². The highest BCUT2D eigenvalue weighted by atomic mass is 35.5. The zero-order valence-electron chi connectivity index (χ0n) is 17.6. The van der Waals surface area contributed by atoms with Crippen LogP contribution < -0.4 is 19.9 Å². The fourth-order valence-corrected chi connectivity index (χ4v) is 4.73. The second-order valence-corrected chi connectivity index (χ2v) is 8.90. The number of rotatable bonds is 9. The first-order chi connectivity index (χ1) is 16.1. The number of halogens is 3. The van der Waals surface area contributed by atoms with Crippen molar-refractivity contribution in [2.75, 3.05) is 25.0 Å². The van der Waals surface area contributed by atoms with Crippen LogP contribution in [-0.4, -0.2) is 39.8 Å². The Balaban J connectivity index is 2.11. The Morgan fingerprint density at radius 1 is 1.12 bits per heavy atom. The van der Waals surface area contributed by atoms with Crippen molar-refractivity contribution in [3.63, 3.8) is 0 Å². The minimum atomic E-state index is -4.63. The summed E-state index contributed by atoms with van der Waals surface area (Å²) in [6.45, 7) is 0.338. The summed E-state index contributed by atoms with van der Waals surface area (Å²) in [5, 5.41) is 8.96. The Labute approximate surface area is 198 Å². The van der Waals surface area contributed by atoms with E-state index < -0.39 is 43.8 Å². The van der Waals surface area contributed by atoms with Crippen LogP contribution in [0.3, 0.4) is 0 Å². The van der Waals surface area contributed by atoms with Gasteiger partial charge in [-0.25, -0.2) is 22.0 Å². The Morgan fingerprint density at radius 2 is 1.82 bits per heavy atom. The molecule has 8 nitrogen and oxygen atoms in total. The van der Waals surface area contributed by atoms with Gasteiger partial charge in [-0.1, -0.05) is 29.8 Å². The van der Waals surface area contributed by atoms with Gasteiger partial charge in [0.2, 0.25) is 0 Å². The maximum Gasteiger partial charge on any atom is 0.335 e. The van der Waals surface area contributed by atoms with Gasteiger partial charge in [-0.3, -0.25) is 4.72 Å². The summed E-state index contributed by atoms with van der Waals surface area (Å²) in [4.78, 5) is 10.7. The number of carboxylic acids is 1. The Morgan fingerprint density at radius 3 is 2.47 bits per heavy atom. The molecular weight excluding hydrogens is 494 g/mol. The standard InChI is InChI=1S/C22H19ClF2N2O6S/c1-32-21-15(23)8-12(22(28)29)9-20(21)34(30,31)27-18-10-14(16(24)11-17(18)25)13-4-2-3-5-19(13)33-7-6-26/h2-5,8-11,27H,6-7,26H2,1H3,(H,28,29). The molecule has 3 aromatic carbocycles. The van der Waals surface area contributed by atoms with Crippen LogP contribution in [0.5, 0.6) is 11.5 Å². The minimum absolute atomic E-state index is 0.139. The third-order valence-electron chi connectivity index (χ3n) is 4.60. The zero-order valence-corrected chi connectivity index (χ0v) is 19.2. The number of sulfonamides is 1. The first kappa shape index (κ1) is 25.2. The lowest BCUT2D eigenvalue weighted by molar-refractivity contribution is 0.0696. The lowest BCUT2D eigenvalue weighted by Gasteiger charge is -2.16. The van der Waals surface area contributed by atoms with Crippen LogP contribution in [0.25, 0.3) is 11.1 Å². The minimum Gasteiger partial charge on any atom is -0.494 e. The van der Waals surface area contributed by atoms with Gasteiger partial charge >= 0.3 is 5.97 Å². The normalized spacial score (nSPS) is 11.2. The van der Waals surface area contributed by atoms with E-state index in [9.17, 15) is 27.1 Å². The Hall–Kier alpha value is -3.41. The van der Waals surface area contributed by atoms with Gasteiger partial charge in [-0.15, -0.1) is 0 Å². The second kappa shape index (κ2) is 10.2. The molecule has 0 aliphatic rings. The molecule has 4 N–H and O–H groups in total. The molecule has 34 heavy (non-hydrogen) atoms. The fourth-order valence-electron chi connectivity index (χ4n) is 3.11. The van der Waals surface area contributed by atoms with E-state index in [4.69, 9.17) is 26.8 Å². The van der Waals surface area contributed by atoms with E-state index in [1.54, 1.807) is 18.2 Å². The van der Waals surface area contributed by atoms with Gasteiger partial charge in [-0.2, -0.15) is 0 Å². The Bertz CT molecular complexity index is 1350. The van der Waals surface area contributed by atoms with Crippen LogP contribution in [0.15, 0.2) is 53.4 Å². The predicted octanol–water partition coefficient (Wildman–Crippen LogP) is 4.13. The van der Waals surface area contributed by atoms with Crippen molar-refractivity contribution in [2.24, 2.45) is 5.73 Å². The third-order valence-corrected chi connectivity index (χ3v) is 6.26. The first-order valence-corrected chi connectivity index (χ1v) is 11.5. The summed E-state index contributed by atoms with van der Waals surface area (Å²) in [6, 6.07) is 9.62. The van der Waals surface area contributed by atoms with E-state index in [1.165, 1.54) is 6.07 Å². The molecule has 0 aliphatic heterocycles. The second-order valence-electron chi connectivity index (χ2n) is 6.85. The van der Waals surface area contributed by atoms with Crippen molar-refractivity contribution in [2.45, 2.75) is 4.90 Å². The molecule has 0 radical (unpaired) electrons. The highest BCUT2D eigenvalue weighted by Crippen LogP contribution is 2.37. The summed E-state index contributed by atoms with van der Waals surface area (Å²) in [6.07, 6.45) is 0. The fraction of sp³-hybridized carbons (Fsp3) is 0.136. The van der Waals surface area contributed by atoms with Crippen LogP contribution >= 0.6 is 11.6 Å².